The van der Waals surface area contributed by atoms with Crippen molar-refractivity contribution in [1.82, 2.24) is 0 Å². The van der Waals surface area contributed by atoms with Crippen LogP contribution in [0.25, 0.3) is 0 Å². The number of nitrogens with two attached hydrogens (primary N) is 1. The number of halogens is 4. The first-order chi connectivity index (χ1) is 9.77. The number of benzene rings is 2. The van der Waals surface area contributed by atoms with Crippen LogP contribution in [0.5, 0.6) is 0 Å². The van der Waals surface area contributed by atoms with Crippen molar-refractivity contribution in [3.63, 3.8) is 0 Å². The number of hydrogen-bond acceptors (Lipinski definition) is 2. The standard InChI is InChI=1S/C15H14BrF3N2/c1-9(10-2-5-12(20)6-3-10)21-14-7-4-11(16)8-13(14)15(17,18)19/h2-9,21H,20H2,1H3. The lowest BCUT2D eigenvalue weighted by Crippen LogP contribution is -2.13. The molecule has 2 aromatic rings. The van der Waals surface area contributed by atoms with E-state index >= 15 is 0 Å². The topological polar surface area (TPSA) is 38.0 Å². The third-order valence-electron chi connectivity index (χ3n) is 3.10. The Morgan fingerprint density at radius 3 is 2.29 bits per heavy atom. The summed E-state index contributed by atoms with van der Waals surface area (Å²) in [5.74, 6) is 0. The Hall–Kier alpha value is -1.69. The minimum Gasteiger partial charge on any atom is -0.399 e. The lowest BCUT2D eigenvalue weighted by atomic mass is 10.1. The summed E-state index contributed by atoms with van der Waals surface area (Å²) in [5, 5.41) is 2.90. The van der Waals surface area contributed by atoms with Crippen LogP contribution in [0.2, 0.25) is 0 Å². The second kappa shape index (κ2) is 5.97. The maximum absolute atomic E-state index is 13.1. The predicted molar refractivity (Wildman–Crippen MR) is 82.0 cm³/mol. The molecule has 2 aromatic carbocycles. The van der Waals surface area contributed by atoms with Gasteiger partial charge < -0.3 is 11.1 Å². The molecule has 1 unspecified atom stereocenters. The predicted octanol–water partition coefficient (Wildman–Crippen LogP) is 5.22. The van der Waals surface area contributed by atoms with Crippen molar-refractivity contribution in [2.75, 3.05) is 11.1 Å². The summed E-state index contributed by atoms with van der Waals surface area (Å²) in [6, 6.07) is 10.8. The van der Waals surface area contributed by atoms with Crippen molar-refractivity contribution < 1.29 is 13.2 Å². The Kier molecular flexibility index (Phi) is 4.46. The molecule has 112 valence electrons. The van der Waals surface area contributed by atoms with Gasteiger partial charge in [0.15, 0.2) is 0 Å². The fourth-order valence-corrected chi connectivity index (χ4v) is 2.34. The number of nitrogens with one attached hydrogen (secondary N) is 1. The van der Waals surface area contributed by atoms with Gasteiger partial charge in [0.25, 0.3) is 0 Å². The van der Waals surface area contributed by atoms with Crippen LogP contribution in [0.4, 0.5) is 24.5 Å². The van der Waals surface area contributed by atoms with E-state index in [1.54, 1.807) is 37.3 Å². The van der Waals surface area contributed by atoms with Gasteiger partial charge in [0.1, 0.15) is 0 Å². The Bertz CT molecular complexity index is 624. The van der Waals surface area contributed by atoms with E-state index in [0.717, 1.165) is 11.6 Å². The Balaban J connectivity index is 2.29. The number of nitrogen functional groups attached to an aromatic ring is 1. The van der Waals surface area contributed by atoms with E-state index in [4.69, 9.17) is 5.73 Å². The molecule has 0 bridgehead atoms. The molecule has 0 radical (unpaired) electrons. The van der Waals surface area contributed by atoms with Gasteiger partial charge in [-0.15, -0.1) is 0 Å². The SMILES string of the molecule is CC(Nc1ccc(Br)cc1C(F)(F)F)c1ccc(N)cc1. The first kappa shape index (κ1) is 15.7. The van der Waals surface area contributed by atoms with Crippen LogP contribution in [0.1, 0.15) is 24.1 Å². The highest BCUT2D eigenvalue weighted by Crippen LogP contribution is 2.37. The molecule has 0 aliphatic rings. The molecule has 1 atom stereocenters. The van der Waals surface area contributed by atoms with E-state index < -0.39 is 11.7 Å². The summed E-state index contributed by atoms with van der Waals surface area (Å²) >= 11 is 3.07. The van der Waals surface area contributed by atoms with Gasteiger partial charge >= 0.3 is 6.18 Å². The van der Waals surface area contributed by atoms with Crippen molar-refractivity contribution >= 4 is 27.3 Å². The molecular formula is C15H14BrF3N2. The van der Waals surface area contributed by atoms with Crippen LogP contribution in [0.3, 0.4) is 0 Å². The van der Waals surface area contributed by atoms with Crippen molar-refractivity contribution in [2.45, 2.75) is 19.1 Å². The Morgan fingerprint density at radius 2 is 1.71 bits per heavy atom. The van der Waals surface area contributed by atoms with E-state index in [1.807, 2.05) is 0 Å². The lowest BCUT2D eigenvalue weighted by molar-refractivity contribution is -0.137. The fourth-order valence-electron chi connectivity index (χ4n) is 1.98. The highest BCUT2D eigenvalue weighted by atomic mass is 79.9. The number of hydrogen-bond donors (Lipinski definition) is 2. The third kappa shape index (κ3) is 3.91. The highest BCUT2D eigenvalue weighted by Gasteiger charge is 2.34. The lowest BCUT2D eigenvalue weighted by Gasteiger charge is -2.20. The molecule has 0 saturated heterocycles. The summed E-state index contributed by atoms with van der Waals surface area (Å²) in [4.78, 5) is 0. The zero-order valence-corrected chi connectivity index (χ0v) is 12.8. The van der Waals surface area contributed by atoms with Gasteiger partial charge in [0.05, 0.1) is 5.56 Å². The minimum absolute atomic E-state index is 0.0509. The molecule has 0 amide bonds. The maximum Gasteiger partial charge on any atom is 0.418 e. The molecule has 0 heterocycles. The molecule has 0 aliphatic carbocycles. The van der Waals surface area contributed by atoms with Crippen molar-refractivity contribution in [3.05, 3.63) is 58.1 Å². The first-order valence-electron chi connectivity index (χ1n) is 6.26. The summed E-state index contributed by atoms with van der Waals surface area (Å²) in [7, 11) is 0. The van der Waals surface area contributed by atoms with Crippen LogP contribution in [-0.2, 0) is 6.18 Å². The van der Waals surface area contributed by atoms with Crippen LogP contribution >= 0.6 is 15.9 Å². The Labute approximate surface area is 129 Å². The van der Waals surface area contributed by atoms with Gasteiger partial charge in [-0.2, -0.15) is 13.2 Å². The van der Waals surface area contributed by atoms with Crippen LogP contribution in [0, 0.1) is 0 Å². The normalized spacial score (nSPS) is 13.0. The van der Waals surface area contributed by atoms with Crippen molar-refractivity contribution in [2.24, 2.45) is 0 Å². The van der Waals surface area contributed by atoms with Crippen LogP contribution in [0.15, 0.2) is 46.9 Å². The average molecular weight is 359 g/mol. The largest absolute Gasteiger partial charge is 0.418 e. The zero-order valence-electron chi connectivity index (χ0n) is 11.2. The highest BCUT2D eigenvalue weighted by molar-refractivity contribution is 9.10. The van der Waals surface area contributed by atoms with Gasteiger partial charge in [-0.05, 0) is 42.8 Å². The van der Waals surface area contributed by atoms with Gasteiger partial charge in [-0.1, -0.05) is 28.1 Å². The van der Waals surface area contributed by atoms with Crippen LogP contribution < -0.4 is 11.1 Å². The second-order valence-electron chi connectivity index (χ2n) is 4.72. The third-order valence-corrected chi connectivity index (χ3v) is 3.59. The molecular weight excluding hydrogens is 345 g/mol. The molecule has 0 fully saturated rings. The monoisotopic (exact) mass is 358 g/mol. The smallest absolute Gasteiger partial charge is 0.399 e. The van der Waals surface area contributed by atoms with Gasteiger partial charge in [0, 0.05) is 21.9 Å². The quantitative estimate of drug-likeness (QED) is 0.737. The zero-order chi connectivity index (χ0) is 15.6. The summed E-state index contributed by atoms with van der Waals surface area (Å²) in [6.07, 6.45) is -4.41. The molecule has 0 aromatic heterocycles. The fraction of sp³-hybridized carbons (Fsp3) is 0.200. The van der Waals surface area contributed by atoms with E-state index in [0.29, 0.717) is 10.2 Å². The average Bonchev–Trinajstić information content (AvgIpc) is 2.40. The molecule has 0 aliphatic heterocycles. The van der Waals surface area contributed by atoms with Crippen molar-refractivity contribution in [1.29, 1.82) is 0 Å². The van der Waals surface area contributed by atoms with E-state index in [9.17, 15) is 13.2 Å². The summed E-state index contributed by atoms with van der Waals surface area (Å²) in [5.41, 5.74) is 6.44. The van der Waals surface area contributed by atoms with Gasteiger partial charge in [0.2, 0.25) is 0 Å². The van der Waals surface area contributed by atoms with Gasteiger partial charge in [-0.25, -0.2) is 0 Å². The first-order valence-corrected chi connectivity index (χ1v) is 7.05. The van der Waals surface area contributed by atoms with E-state index in [1.165, 1.54) is 6.07 Å². The summed E-state index contributed by atoms with van der Waals surface area (Å²) < 4.78 is 39.6. The molecule has 0 spiro atoms. The number of rotatable bonds is 3. The maximum atomic E-state index is 13.1. The molecule has 3 N–H and O–H groups in total. The second-order valence-corrected chi connectivity index (χ2v) is 5.64. The van der Waals surface area contributed by atoms with Crippen LogP contribution in [-0.4, -0.2) is 0 Å². The number of alkyl halides is 3. The van der Waals surface area contributed by atoms with E-state index in [-0.39, 0.29) is 11.7 Å². The van der Waals surface area contributed by atoms with E-state index in [2.05, 4.69) is 21.2 Å². The Morgan fingerprint density at radius 1 is 1.10 bits per heavy atom. The van der Waals surface area contributed by atoms with Gasteiger partial charge in [-0.3, -0.25) is 0 Å². The summed E-state index contributed by atoms with van der Waals surface area (Å²) in [6.45, 7) is 1.80. The molecule has 2 rings (SSSR count). The number of anilines is 2. The molecule has 6 heteroatoms. The molecule has 2 nitrogen and oxygen atoms in total. The molecule has 21 heavy (non-hydrogen) atoms. The van der Waals surface area contributed by atoms with Crippen molar-refractivity contribution in [3.8, 4) is 0 Å². The molecule has 0 saturated carbocycles. The minimum atomic E-state index is -4.41.